The third-order valence-corrected chi connectivity index (χ3v) is 4.28. The normalized spacial score (nSPS) is 13.9. The molecule has 2 aromatic rings. The van der Waals surface area contributed by atoms with Crippen molar-refractivity contribution in [3.63, 3.8) is 0 Å². The minimum atomic E-state index is -0.189. The fourth-order valence-corrected chi connectivity index (χ4v) is 2.88. The van der Waals surface area contributed by atoms with Crippen LogP contribution in [0.5, 0.6) is 0 Å². The molecule has 3 N–H and O–H groups in total. The van der Waals surface area contributed by atoms with Gasteiger partial charge in [0.25, 0.3) is 0 Å². The molecule has 0 saturated carbocycles. The van der Waals surface area contributed by atoms with Crippen molar-refractivity contribution in [1.29, 1.82) is 0 Å². The number of hydrogen-bond acceptors (Lipinski definition) is 3. The Balaban J connectivity index is 1.34. The number of aromatic nitrogens is 2. The van der Waals surface area contributed by atoms with Gasteiger partial charge in [0.15, 0.2) is 0 Å². The number of aromatic amines is 1. The van der Waals surface area contributed by atoms with E-state index < -0.39 is 0 Å². The van der Waals surface area contributed by atoms with Crippen LogP contribution in [-0.4, -0.2) is 46.7 Å². The molecule has 0 atom stereocenters. The Kier molecular flexibility index (Phi) is 5.66. The zero-order valence-corrected chi connectivity index (χ0v) is 14.1. The van der Waals surface area contributed by atoms with Crippen LogP contribution in [0.25, 0.3) is 11.3 Å². The molecule has 1 aliphatic heterocycles. The Bertz CT molecular complexity index is 697. The first-order valence-electron chi connectivity index (χ1n) is 8.60. The lowest BCUT2D eigenvalue weighted by atomic mass is 10.1. The summed E-state index contributed by atoms with van der Waals surface area (Å²) in [5.74, 6) is 0.225. The van der Waals surface area contributed by atoms with E-state index in [0.717, 1.165) is 36.2 Å². The number of likely N-dealkylation sites (tertiary alicyclic amines) is 1. The Morgan fingerprint density at radius 2 is 2.04 bits per heavy atom. The molecule has 1 aromatic carbocycles. The molecule has 0 bridgehead atoms. The molecule has 25 heavy (non-hydrogen) atoms. The second-order valence-electron chi connectivity index (χ2n) is 6.11. The van der Waals surface area contributed by atoms with E-state index in [1.54, 1.807) is 6.20 Å². The Hall–Kier alpha value is -2.83. The van der Waals surface area contributed by atoms with Crippen LogP contribution < -0.4 is 10.6 Å². The maximum absolute atomic E-state index is 11.8. The number of carbonyl (C=O) groups is 2. The zero-order valence-electron chi connectivity index (χ0n) is 14.1. The number of carbonyl (C=O) groups excluding carboxylic acids is 2. The fraction of sp³-hybridized carbons (Fsp3) is 0.389. The third-order valence-electron chi connectivity index (χ3n) is 4.28. The monoisotopic (exact) mass is 341 g/mol. The predicted molar refractivity (Wildman–Crippen MR) is 94.7 cm³/mol. The summed E-state index contributed by atoms with van der Waals surface area (Å²) >= 11 is 0. The average molecular weight is 341 g/mol. The van der Waals surface area contributed by atoms with E-state index in [9.17, 15) is 9.59 Å². The molecule has 2 heterocycles. The smallest absolute Gasteiger partial charge is 0.315 e. The Labute approximate surface area is 146 Å². The van der Waals surface area contributed by atoms with Gasteiger partial charge in [-0.15, -0.1) is 0 Å². The number of nitrogens with one attached hydrogen (secondary N) is 3. The first-order chi connectivity index (χ1) is 12.2. The molecule has 0 spiro atoms. The van der Waals surface area contributed by atoms with Gasteiger partial charge in [-0.1, -0.05) is 24.3 Å². The van der Waals surface area contributed by atoms with Gasteiger partial charge >= 0.3 is 6.03 Å². The van der Waals surface area contributed by atoms with Gasteiger partial charge < -0.3 is 15.5 Å². The summed E-state index contributed by atoms with van der Waals surface area (Å²) in [7, 11) is 0. The summed E-state index contributed by atoms with van der Waals surface area (Å²) in [5, 5.41) is 12.5. The fourth-order valence-electron chi connectivity index (χ4n) is 2.88. The summed E-state index contributed by atoms with van der Waals surface area (Å²) in [4.78, 5) is 25.2. The molecule has 1 fully saturated rings. The highest BCUT2D eigenvalue weighted by Gasteiger charge is 2.18. The Morgan fingerprint density at radius 1 is 1.20 bits per heavy atom. The SMILES string of the molecule is O=C(NCCCN1CCCC1=O)NCc1ccc(-c2ccn[nH]2)cc1. The third kappa shape index (κ3) is 4.82. The lowest BCUT2D eigenvalue weighted by Crippen LogP contribution is -2.37. The van der Waals surface area contributed by atoms with Crippen molar-refractivity contribution in [2.24, 2.45) is 0 Å². The minimum Gasteiger partial charge on any atom is -0.343 e. The predicted octanol–water partition coefficient (Wildman–Crippen LogP) is 1.89. The van der Waals surface area contributed by atoms with Crippen LogP contribution in [0.2, 0.25) is 0 Å². The largest absolute Gasteiger partial charge is 0.343 e. The van der Waals surface area contributed by atoms with E-state index in [1.807, 2.05) is 35.2 Å². The lowest BCUT2D eigenvalue weighted by molar-refractivity contribution is -0.127. The van der Waals surface area contributed by atoms with Crippen molar-refractivity contribution in [3.05, 3.63) is 42.1 Å². The highest BCUT2D eigenvalue weighted by Crippen LogP contribution is 2.16. The average Bonchev–Trinajstić information content (AvgIpc) is 3.29. The van der Waals surface area contributed by atoms with Gasteiger partial charge in [0, 0.05) is 38.8 Å². The molecule has 0 radical (unpaired) electrons. The number of hydrogen-bond donors (Lipinski definition) is 3. The number of urea groups is 1. The van der Waals surface area contributed by atoms with Gasteiger partial charge in [-0.05, 0) is 30.0 Å². The molecule has 1 aromatic heterocycles. The van der Waals surface area contributed by atoms with E-state index in [-0.39, 0.29) is 11.9 Å². The molecule has 3 rings (SSSR count). The van der Waals surface area contributed by atoms with Crippen LogP contribution in [0.15, 0.2) is 36.5 Å². The number of nitrogens with zero attached hydrogens (tertiary/aromatic N) is 2. The summed E-state index contributed by atoms with van der Waals surface area (Å²) in [6, 6.07) is 9.68. The van der Waals surface area contributed by atoms with E-state index in [4.69, 9.17) is 0 Å². The number of rotatable bonds is 7. The molecular formula is C18H23N5O2. The van der Waals surface area contributed by atoms with Gasteiger partial charge in [-0.2, -0.15) is 5.10 Å². The van der Waals surface area contributed by atoms with Gasteiger partial charge in [0.1, 0.15) is 0 Å². The van der Waals surface area contributed by atoms with E-state index in [2.05, 4.69) is 20.8 Å². The first-order valence-corrected chi connectivity index (χ1v) is 8.60. The summed E-state index contributed by atoms with van der Waals surface area (Å²) in [5.41, 5.74) is 3.05. The van der Waals surface area contributed by atoms with Crippen molar-refractivity contribution in [2.75, 3.05) is 19.6 Å². The molecule has 0 unspecified atom stereocenters. The first kappa shape index (κ1) is 17.0. The van der Waals surface area contributed by atoms with E-state index in [0.29, 0.717) is 26.1 Å². The molecule has 3 amide bonds. The van der Waals surface area contributed by atoms with Crippen LogP contribution in [-0.2, 0) is 11.3 Å². The van der Waals surface area contributed by atoms with Crippen LogP contribution in [0.4, 0.5) is 4.79 Å². The lowest BCUT2D eigenvalue weighted by Gasteiger charge is -2.15. The summed E-state index contributed by atoms with van der Waals surface area (Å²) in [6.07, 6.45) is 4.10. The van der Waals surface area contributed by atoms with Crippen molar-refractivity contribution in [2.45, 2.75) is 25.8 Å². The molecule has 1 saturated heterocycles. The van der Waals surface area contributed by atoms with Gasteiger partial charge in [0.05, 0.1) is 5.69 Å². The minimum absolute atomic E-state index is 0.189. The second-order valence-corrected chi connectivity index (χ2v) is 6.11. The van der Waals surface area contributed by atoms with Crippen molar-refractivity contribution < 1.29 is 9.59 Å². The van der Waals surface area contributed by atoms with Crippen molar-refractivity contribution in [3.8, 4) is 11.3 Å². The molecule has 0 aliphatic carbocycles. The highest BCUT2D eigenvalue weighted by molar-refractivity contribution is 5.78. The van der Waals surface area contributed by atoms with Crippen LogP contribution in [0.1, 0.15) is 24.8 Å². The molecule has 1 aliphatic rings. The summed E-state index contributed by atoms with van der Waals surface area (Å²) in [6.45, 7) is 2.60. The molecule has 132 valence electrons. The number of benzene rings is 1. The summed E-state index contributed by atoms with van der Waals surface area (Å²) < 4.78 is 0. The maximum atomic E-state index is 11.8. The maximum Gasteiger partial charge on any atom is 0.315 e. The van der Waals surface area contributed by atoms with Gasteiger partial charge in [-0.3, -0.25) is 9.89 Å². The number of H-pyrrole nitrogens is 1. The molecular weight excluding hydrogens is 318 g/mol. The standard InChI is InChI=1S/C18H23N5O2/c24-17-3-1-11-23(17)12-2-9-19-18(25)20-13-14-4-6-15(7-5-14)16-8-10-21-22-16/h4-8,10H,1-3,9,11-13H2,(H,21,22)(H2,19,20,25). The van der Waals surface area contributed by atoms with E-state index in [1.165, 1.54) is 0 Å². The highest BCUT2D eigenvalue weighted by atomic mass is 16.2. The topological polar surface area (TPSA) is 90.1 Å². The van der Waals surface area contributed by atoms with Gasteiger partial charge in [0.2, 0.25) is 5.91 Å². The zero-order chi connectivity index (χ0) is 17.5. The van der Waals surface area contributed by atoms with Gasteiger partial charge in [-0.25, -0.2) is 4.79 Å². The molecule has 7 heteroatoms. The quantitative estimate of drug-likeness (QED) is 0.672. The molecule has 7 nitrogen and oxygen atoms in total. The van der Waals surface area contributed by atoms with Crippen molar-refractivity contribution in [1.82, 2.24) is 25.7 Å². The van der Waals surface area contributed by atoms with Crippen molar-refractivity contribution >= 4 is 11.9 Å². The van der Waals surface area contributed by atoms with Crippen LogP contribution >= 0.6 is 0 Å². The Morgan fingerprint density at radius 3 is 2.72 bits per heavy atom. The second kappa shape index (κ2) is 8.32. The van der Waals surface area contributed by atoms with Crippen LogP contribution in [0, 0.1) is 0 Å². The van der Waals surface area contributed by atoms with Crippen LogP contribution in [0.3, 0.4) is 0 Å². The number of amides is 3. The van der Waals surface area contributed by atoms with E-state index >= 15 is 0 Å².